The molecule has 1 aliphatic rings. The summed E-state index contributed by atoms with van der Waals surface area (Å²) in [6, 6.07) is 0. The Bertz CT molecular complexity index is 307. The zero-order chi connectivity index (χ0) is 15.4. The number of rotatable bonds is 4. The van der Waals surface area contributed by atoms with Crippen LogP contribution in [0, 0.1) is 5.41 Å². The minimum atomic E-state index is -0.133. The molecule has 0 radical (unpaired) electrons. The number of amides is 1. The van der Waals surface area contributed by atoms with Crippen LogP contribution >= 0.6 is 0 Å². The van der Waals surface area contributed by atoms with E-state index < -0.39 is 0 Å². The van der Waals surface area contributed by atoms with Crippen LogP contribution in [0.2, 0.25) is 0 Å². The lowest BCUT2D eigenvalue weighted by Crippen LogP contribution is -2.52. The van der Waals surface area contributed by atoms with Crippen molar-refractivity contribution in [2.45, 2.75) is 53.5 Å². The van der Waals surface area contributed by atoms with Gasteiger partial charge in [-0.1, -0.05) is 20.8 Å². The average molecular weight is 283 g/mol. The quantitative estimate of drug-likeness (QED) is 0.856. The maximum absolute atomic E-state index is 11.9. The summed E-state index contributed by atoms with van der Waals surface area (Å²) >= 11 is 0. The third kappa shape index (κ3) is 7.85. The number of hydrogen-bond donors (Lipinski definition) is 1. The van der Waals surface area contributed by atoms with E-state index >= 15 is 0 Å². The highest BCUT2D eigenvalue weighted by Gasteiger charge is 2.22. The number of piperazine rings is 1. The molecule has 1 fully saturated rings. The zero-order valence-electron chi connectivity index (χ0n) is 14.3. The lowest BCUT2D eigenvalue weighted by atomic mass is 9.92. The minimum Gasteiger partial charge on any atom is -0.350 e. The van der Waals surface area contributed by atoms with Gasteiger partial charge in [-0.2, -0.15) is 0 Å². The van der Waals surface area contributed by atoms with Crippen LogP contribution in [0.4, 0.5) is 0 Å². The van der Waals surface area contributed by atoms with Gasteiger partial charge in [0.1, 0.15) is 0 Å². The molecule has 1 saturated heterocycles. The van der Waals surface area contributed by atoms with Crippen molar-refractivity contribution in [1.29, 1.82) is 0 Å². The third-order valence-corrected chi connectivity index (χ3v) is 3.52. The average Bonchev–Trinajstić information content (AvgIpc) is 2.24. The summed E-state index contributed by atoms with van der Waals surface area (Å²) in [7, 11) is 0. The van der Waals surface area contributed by atoms with E-state index in [0.29, 0.717) is 12.0 Å². The van der Waals surface area contributed by atoms with Crippen LogP contribution in [0.5, 0.6) is 0 Å². The Morgan fingerprint density at radius 3 is 1.90 bits per heavy atom. The second-order valence-corrected chi connectivity index (χ2v) is 8.23. The van der Waals surface area contributed by atoms with Gasteiger partial charge < -0.3 is 10.2 Å². The van der Waals surface area contributed by atoms with Crippen LogP contribution in [-0.4, -0.2) is 60.5 Å². The van der Waals surface area contributed by atoms with Crippen molar-refractivity contribution in [1.82, 2.24) is 15.1 Å². The van der Waals surface area contributed by atoms with Gasteiger partial charge in [-0.15, -0.1) is 0 Å². The molecule has 1 heterocycles. The fourth-order valence-corrected chi connectivity index (χ4v) is 2.33. The first-order valence-corrected chi connectivity index (χ1v) is 7.81. The highest BCUT2D eigenvalue weighted by Crippen LogP contribution is 2.19. The molecular formula is C16H33N3O. The standard InChI is InChI=1S/C16H33N3O/c1-15(2,3)7-8-18-9-11-19(12-10-18)13-14(20)17-16(4,5)6/h7-13H2,1-6H3,(H,17,20). The van der Waals surface area contributed by atoms with E-state index in [9.17, 15) is 4.79 Å². The SMILES string of the molecule is CC(C)(C)CCN1CCN(CC(=O)NC(C)(C)C)CC1. The van der Waals surface area contributed by atoms with Crippen molar-refractivity contribution < 1.29 is 4.79 Å². The summed E-state index contributed by atoms with van der Waals surface area (Å²) < 4.78 is 0. The van der Waals surface area contributed by atoms with E-state index in [0.717, 1.165) is 26.2 Å². The highest BCUT2D eigenvalue weighted by atomic mass is 16.2. The van der Waals surface area contributed by atoms with Crippen molar-refractivity contribution in [3.05, 3.63) is 0 Å². The summed E-state index contributed by atoms with van der Waals surface area (Å²) in [6.45, 7) is 18.8. The van der Waals surface area contributed by atoms with Crippen LogP contribution in [0.25, 0.3) is 0 Å². The fraction of sp³-hybridized carbons (Fsp3) is 0.938. The first-order valence-electron chi connectivity index (χ1n) is 7.81. The Morgan fingerprint density at radius 1 is 0.950 bits per heavy atom. The second kappa shape index (κ2) is 6.90. The molecule has 0 aromatic carbocycles. The Kier molecular flexibility index (Phi) is 6.02. The van der Waals surface area contributed by atoms with E-state index in [1.165, 1.54) is 13.0 Å². The van der Waals surface area contributed by atoms with E-state index in [-0.39, 0.29) is 11.4 Å². The maximum atomic E-state index is 11.9. The van der Waals surface area contributed by atoms with Gasteiger partial charge in [0.05, 0.1) is 6.54 Å². The Labute approximate surface area is 124 Å². The lowest BCUT2D eigenvalue weighted by Gasteiger charge is -2.36. The van der Waals surface area contributed by atoms with Crippen LogP contribution in [-0.2, 0) is 4.79 Å². The van der Waals surface area contributed by atoms with E-state index in [2.05, 4.69) is 35.9 Å². The molecule has 1 rings (SSSR count). The predicted octanol–water partition coefficient (Wildman–Crippen LogP) is 1.95. The van der Waals surface area contributed by atoms with E-state index in [1.54, 1.807) is 0 Å². The van der Waals surface area contributed by atoms with Crippen LogP contribution in [0.3, 0.4) is 0 Å². The molecule has 118 valence electrons. The largest absolute Gasteiger partial charge is 0.350 e. The molecule has 4 nitrogen and oxygen atoms in total. The molecule has 4 heteroatoms. The molecule has 0 atom stereocenters. The molecule has 0 bridgehead atoms. The van der Waals surface area contributed by atoms with Crippen molar-refractivity contribution >= 4 is 5.91 Å². The fourth-order valence-electron chi connectivity index (χ4n) is 2.33. The van der Waals surface area contributed by atoms with Crippen LogP contribution in [0.1, 0.15) is 48.0 Å². The molecule has 0 aromatic heterocycles. The summed E-state index contributed by atoms with van der Waals surface area (Å²) in [5, 5.41) is 3.03. The van der Waals surface area contributed by atoms with Gasteiger partial charge >= 0.3 is 0 Å². The monoisotopic (exact) mass is 283 g/mol. The van der Waals surface area contributed by atoms with Gasteiger partial charge in [-0.05, 0) is 39.2 Å². The topological polar surface area (TPSA) is 35.6 Å². The number of carbonyl (C=O) groups is 1. The van der Waals surface area contributed by atoms with E-state index in [1.807, 2.05) is 20.8 Å². The molecule has 0 aliphatic carbocycles. The van der Waals surface area contributed by atoms with Gasteiger partial charge in [0.15, 0.2) is 0 Å². The van der Waals surface area contributed by atoms with Crippen LogP contribution < -0.4 is 5.32 Å². The molecule has 20 heavy (non-hydrogen) atoms. The van der Waals surface area contributed by atoms with Crippen LogP contribution in [0.15, 0.2) is 0 Å². The van der Waals surface area contributed by atoms with Gasteiger partial charge in [0.25, 0.3) is 0 Å². The van der Waals surface area contributed by atoms with Crippen molar-refractivity contribution in [3.63, 3.8) is 0 Å². The van der Waals surface area contributed by atoms with Gasteiger partial charge in [0.2, 0.25) is 5.91 Å². The molecule has 1 N–H and O–H groups in total. The summed E-state index contributed by atoms with van der Waals surface area (Å²) in [6.07, 6.45) is 1.23. The Balaban J connectivity index is 2.24. The molecule has 0 aromatic rings. The van der Waals surface area contributed by atoms with Crippen molar-refractivity contribution in [2.24, 2.45) is 5.41 Å². The summed E-state index contributed by atoms with van der Waals surface area (Å²) in [5.74, 6) is 0.139. The van der Waals surface area contributed by atoms with Gasteiger partial charge in [-0.25, -0.2) is 0 Å². The Hall–Kier alpha value is -0.610. The number of nitrogens with zero attached hydrogens (tertiary/aromatic N) is 2. The molecule has 0 unspecified atom stereocenters. The summed E-state index contributed by atoms with van der Waals surface area (Å²) in [5.41, 5.74) is 0.273. The summed E-state index contributed by atoms with van der Waals surface area (Å²) in [4.78, 5) is 16.7. The minimum absolute atomic E-state index is 0.133. The lowest BCUT2D eigenvalue weighted by molar-refractivity contribution is -0.124. The maximum Gasteiger partial charge on any atom is 0.234 e. The first kappa shape index (κ1) is 17.4. The third-order valence-electron chi connectivity index (χ3n) is 3.52. The van der Waals surface area contributed by atoms with Crippen molar-refractivity contribution in [2.75, 3.05) is 39.3 Å². The zero-order valence-corrected chi connectivity index (χ0v) is 14.3. The molecule has 1 aliphatic heterocycles. The van der Waals surface area contributed by atoms with Gasteiger partial charge in [-0.3, -0.25) is 9.69 Å². The number of hydrogen-bond acceptors (Lipinski definition) is 3. The molecule has 1 amide bonds. The second-order valence-electron chi connectivity index (χ2n) is 8.23. The normalized spacial score (nSPS) is 19.1. The smallest absolute Gasteiger partial charge is 0.234 e. The highest BCUT2D eigenvalue weighted by molar-refractivity contribution is 5.78. The molecule has 0 saturated carbocycles. The number of carbonyl (C=O) groups excluding carboxylic acids is 1. The first-order chi connectivity index (χ1) is 9.05. The number of nitrogens with one attached hydrogen (secondary N) is 1. The Morgan fingerprint density at radius 2 is 1.45 bits per heavy atom. The van der Waals surface area contributed by atoms with Gasteiger partial charge in [0, 0.05) is 31.7 Å². The molecular weight excluding hydrogens is 250 g/mol. The predicted molar refractivity (Wildman–Crippen MR) is 84.8 cm³/mol. The van der Waals surface area contributed by atoms with E-state index in [4.69, 9.17) is 0 Å². The van der Waals surface area contributed by atoms with Crippen molar-refractivity contribution in [3.8, 4) is 0 Å². The molecule has 0 spiro atoms.